The molecule has 0 saturated heterocycles. The van der Waals surface area contributed by atoms with Crippen LogP contribution >= 0.6 is 0 Å². The van der Waals surface area contributed by atoms with Gasteiger partial charge in [0.2, 0.25) is 0 Å². The van der Waals surface area contributed by atoms with Crippen LogP contribution in [0, 0.1) is 15.9 Å². The number of nitrogens with zero attached hydrogens (tertiary/aromatic N) is 1. The average Bonchev–Trinajstić information content (AvgIpc) is 2.14. The van der Waals surface area contributed by atoms with E-state index in [9.17, 15) is 27.7 Å². The van der Waals surface area contributed by atoms with Crippen molar-refractivity contribution in [1.29, 1.82) is 0 Å². The number of hydrogen-bond acceptors (Lipinski definition) is 3. The fourth-order valence-electron chi connectivity index (χ4n) is 1.16. The first-order valence-electron chi connectivity index (χ1n) is 4.00. The van der Waals surface area contributed by atoms with Crippen molar-refractivity contribution in [3.8, 4) is 0 Å². The van der Waals surface area contributed by atoms with Crippen molar-refractivity contribution in [2.45, 2.75) is 12.2 Å². The fourth-order valence-corrected chi connectivity index (χ4v) is 1.16. The number of rotatable bonds is 2. The van der Waals surface area contributed by atoms with E-state index in [1.807, 2.05) is 0 Å². The second-order valence-electron chi connectivity index (χ2n) is 2.95. The van der Waals surface area contributed by atoms with Crippen LogP contribution in [0.3, 0.4) is 0 Å². The second-order valence-corrected chi connectivity index (χ2v) is 2.95. The minimum absolute atomic E-state index is 0.688. The van der Waals surface area contributed by atoms with Gasteiger partial charge in [0.15, 0.2) is 0 Å². The predicted octanol–water partition coefficient (Wildman–Crippen LogP) is 2.30. The first kappa shape index (κ1) is 12.4. The minimum atomic E-state index is -4.94. The molecular weight excluding hydrogens is 232 g/mol. The number of nitrogens with two attached hydrogens (primary N) is 1. The molecule has 16 heavy (non-hydrogen) atoms. The summed E-state index contributed by atoms with van der Waals surface area (Å²) in [6.45, 7) is 0. The predicted molar refractivity (Wildman–Crippen MR) is 46.0 cm³/mol. The highest BCUT2D eigenvalue weighted by molar-refractivity contribution is 5.43. The van der Waals surface area contributed by atoms with Crippen molar-refractivity contribution in [3.05, 3.63) is 39.7 Å². The summed E-state index contributed by atoms with van der Waals surface area (Å²) in [6.07, 6.45) is -4.94. The maximum Gasteiger partial charge on any atom is 0.408 e. The molecule has 8 heteroatoms. The Bertz CT molecular complexity index is 419. The van der Waals surface area contributed by atoms with Crippen molar-refractivity contribution < 1.29 is 22.5 Å². The van der Waals surface area contributed by atoms with Crippen LogP contribution in [0.5, 0.6) is 0 Å². The molecule has 0 amide bonds. The third-order valence-corrected chi connectivity index (χ3v) is 1.89. The number of nitro groups is 1. The summed E-state index contributed by atoms with van der Waals surface area (Å²) in [5.74, 6) is -1.35. The van der Waals surface area contributed by atoms with Gasteiger partial charge in [0, 0.05) is 6.07 Å². The highest BCUT2D eigenvalue weighted by atomic mass is 19.4. The summed E-state index contributed by atoms with van der Waals surface area (Å²) in [7, 11) is 0. The molecule has 0 aliphatic heterocycles. The zero-order valence-electron chi connectivity index (χ0n) is 7.66. The van der Waals surface area contributed by atoms with Gasteiger partial charge in [-0.05, 0) is 6.07 Å². The molecule has 0 aliphatic carbocycles. The Hall–Kier alpha value is -1.70. The Kier molecular flexibility index (Phi) is 3.13. The number of halogens is 4. The van der Waals surface area contributed by atoms with Gasteiger partial charge in [-0.25, -0.2) is 4.39 Å². The van der Waals surface area contributed by atoms with Crippen molar-refractivity contribution in [2.75, 3.05) is 0 Å². The largest absolute Gasteiger partial charge is 0.408 e. The van der Waals surface area contributed by atoms with Crippen LogP contribution in [0.25, 0.3) is 0 Å². The van der Waals surface area contributed by atoms with Gasteiger partial charge in [-0.3, -0.25) is 10.1 Å². The van der Waals surface area contributed by atoms with Gasteiger partial charge in [0.05, 0.1) is 10.5 Å². The van der Waals surface area contributed by atoms with Crippen LogP contribution in [0.1, 0.15) is 11.6 Å². The van der Waals surface area contributed by atoms with E-state index < -0.39 is 34.2 Å². The van der Waals surface area contributed by atoms with Crippen molar-refractivity contribution in [1.82, 2.24) is 0 Å². The standard InChI is InChI=1S/C8H6F4N2O2/c9-4-2-1-3-5(14(15)16)6(4)7(13)8(10,11)12/h1-3,7H,13H2. The van der Waals surface area contributed by atoms with Gasteiger partial charge in [-0.1, -0.05) is 6.07 Å². The SMILES string of the molecule is NC(c1c(F)cccc1[N+](=O)[O-])C(F)(F)F. The molecule has 0 spiro atoms. The van der Waals surface area contributed by atoms with Crippen LogP contribution in [0.2, 0.25) is 0 Å². The smallest absolute Gasteiger partial charge is 0.316 e. The van der Waals surface area contributed by atoms with Crippen LogP contribution < -0.4 is 5.73 Å². The second kappa shape index (κ2) is 4.05. The van der Waals surface area contributed by atoms with E-state index in [2.05, 4.69) is 0 Å². The maximum absolute atomic E-state index is 13.1. The highest BCUT2D eigenvalue weighted by Crippen LogP contribution is 2.36. The lowest BCUT2D eigenvalue weighted by Crippen LogP contribution is -2.30. The van der Waals surface area contributed by atoms with E-state index in [-0.39, 0.29) is 0 Å². The topological polar surface area (TPSA) is 69.2 Å². The minimum Gasteiger partial charge on any atom is -0.316 e. The van der Waals surface area contributed by atoms with E-state index in [1.165, 1.54) is 0 Å². The van der Waals surface area contributed by atoms with Crippen LogP contribution in [0.4, 0.5) is 23.2 Å². The van der Waals surface area contributed by atoms with E-state index in [0.717, 1.165) is 12.1 Å². The monoisotopic (exact) mass is 238 g/mol. The van der Waals surface area contributed by atoms with Crippen LogP contribution in [-0.2, 0) is 0 Å². The fraction of sp³-hybridized carbons (Fsp3) is 0.250. The number of nitro benzene ring substituents is 1. The molecule has 0 saturated carbocycles. The quantitative estimate of drug-likeness (QED) is 0.488. The van der Waals surface area contributed by atoms with Gasteiger partial charge in [-0.15, -0.1) is 0 Å². The molecule has 1 aromatic carbocycles. The normalized spacial score (nSPS) is 13.6. The van der Waals surface area contributed by atoms with Gasteiger partial charge < -0.3 is 5.73 Å². The molecule has 0 radical (unpaired) electrons. The molecular formula is C8H6F4N2O2. The third-order valence-electron chi connectivity index (χ3n) is 1.89. The molecule has 1 aromatic rings. The van der Waals surface area contributed by atoms with Gasteiger partial charge in [0.1, 0.15) is 11.9 Å². The molecule has 1 unspecified atom stereocenters. The Morgan fingerprint density at radius 1 is 1.38 bits per heavy atom. The molecule has 0 aliphatic rings. The zero-order chi connectivity index (χ0) is 12.5. The summed E-state index contributed by atoms with van der Waals surface area (Å²) >= 11 is 0. The Morgan fingerprint density at radius 3 is 2.38 bits per heavy atom. The lowest BCUT2D eigenvalue weighted by Gasteiger charge is -2.16. The lowest BCUT2D eigenvalue weighted by atomic mass is 10.0. The molecule has 88 valence electrons. The molecule has 0 aromatic heterocycles. The van der Waals surface area contributed by atoms with Gasteiger partial charge in [-0.2, -0.15) is 13.2 Å². The summed E-state index contributed by atoms with van der Waals surface area (Å²) in [4.78, 5) is 9.31. The van der Waals surface area contributed by atoms with Gasteiger partial charge in [0.25, 0.3) is 5.69 Å². The molecule has 2 N–H and O–H groups in total. The van der Waals surface area contributed by atoms with Crippen LogP contribution in [0.15, 0.2) is 18.2 Å². The molecule has 0 bridgehead atoms. The Labute approximate surface area is 86.8 Å². The molecule has 0 fully saturated rings. The summed E-state index contributed by atoms with van der Waals surface area (Å²) < 4.78 is 49.8. The van der Waals surface area contributed by atoms with Crippen molar-refractivity contribution in [2.24, 2.45) is 5.73 Å². The molecule has 4 nitrogen and oxygen atoms in total. The first-order chi connectivity index (χ1) is 7.25. The van der Waals surface area contributed by atoms with Crippen LogP contribution in [-0.4, -0.2) is 11.1 Å². The Morgan fingerprint density at radius 2 is 1.94 bits per heavy atom. The van der Waals surface area contributed by atoms with E-state index in [0.29, 0.717) is 6.07 Å². The van der Waals surface area contributed by atoms with E-state index in [4.69, 9.17) is 5.73 Å². The third kappa shape index (κ3) is 2.27. The highest BCUT2D eigenvalue weighted by Gasteiger charge is 2.42. The van der Waals surface area contributed by atoms with Crippen molar-refractivity contribution >= 4 is 5.69 Å². The van der Waals surface area contributed by atoms with E-state index in [1.54, 1.807) is 0 Å². The average molecular weight is 238 g/mol. The van der Waals surface area contributed by atoms with Crippen molar-refractivity contribution in [3.63, 3.8) is 0 Å². The van der Waals surface area contributed by atoms with E-state index >= 15 is 0 Å². The molecule has 1 rings (SSSR count). The lowest BCUT2D eigenvalue weighted by molar-refractivity contribution is -0.386. The number of benzene rings is 1. The summed E-state index contributed by atoms with van der Waals surface area (Å²) in [5.41, 5.74) is 2.61. The molecule has 0 heterocycles. The summed E-state index contributed by atoms with van der Waals surface area (Å²) in [5, 5.41) is 10.4. The maximum atomic E-state index is 13.1. The molecule has 1 atom stereocenters. The summed E-state index contributed by atoms with van der Waals surface area (Å²) in [6, 6.07) is -0.313. The van der Waals surface area contributed by atoms with Gasteiger partial charge >= 0.3 is 6.18 Å². The number of alkyl halides is 3. The Balaban J connectivity index is 3.36. The first-order valence-corrected chi connectivity index (χ1v) is 4.00. The number of hydrogen-bond donors (Lipinski definition) is 1. The zero-order valence-corrected chi connectivity index (χ0v) is 7.66.